The lowest BCUT2D eigenvalue weighted by Gasteiger charge is -2.22. The second kappa shape index (κ2) is 14.7. The summed E-state index contributed by atoms with van der Waals surface area (Å²) in [6, 6.07) is 20.2. The summed E-state index contributed by atoms with van der Waals surface area (Å²) < 4.78 is 92.1. The molecule has 2 aliphatic heterocycles. The molecule has 0 spiro atoms. The van der Waals surface area contributed by atoms with E-state index in [1.54, 1.807) is 24.3 Å². The molecule has 5 aromatic rings. The second-order valence-corrected chi connectivity index (χ2v) is 17.6. The van der Waals surface area contributed by atoms with E-state index in [9.17, 15) is 37.8 Å². The Bertz CT molecular complexity index is 2330. The van der Waals surface area contributed by atoms with Crippen LogP contribution in [0, 0.1) is 0 Å². The molecule has 0 aliphatic carbocycles. The molecule has 0 saturated carbocycles. The Balaban J connectivity index is 1.01. The Kier molecular flexibility index (Phi) is 10.5. The van der Waals surface area contributed by atoms with Crippen LogP contribution < -0.4 is 10.3 Å². The molecule has 2 aromatic heterocycles. The number of aromatic nitrogens is 4. The fraction of sp³-hybridized carbons (Fsp3) is 0.250. The lowest BCUT2D eigenvalue weighted by Crippen LogP contribution is -2.31. The van der Waals surface area contributed by atoms with Crippen LogP contribution in [0.15, 0.2) is 85.5 Å². The van der Waals surface area contributed by atoms with Gasteiger partial charge in [0, 0.05) is 6.42 Å². The zero-order valence-electron chi connectivity index (χ0n) is 26.7. The first-order valence-electron chi connectivity index (χ1n) is 15.3. The molecule has 9 atom stereocenters. The van der Waals surface area contributed by atoms with Crippen LogP contribution in [-0.2, 0) is 56.3 Å². The van der Waals surface area contributed by atoms with Gasteiger partial charge >= 0.3 is 31.3 Å². The summed E-state index contributed by atoms with van der Waals surface area (Å²) in [7, 11) is -23.2. The monoisotopic (exact) mass is 815 g/mol. The largest absolute Gasteiger partial charge is 0.536 e. The van der Waals surface area contributed by atoms with E-state index in [0.717, 1.165) is 10.9 Å². The van der Waals surface area contributed by atoms with Crippen LogP contribution in [0.3, 0.4) is 0 Å². The summed E-state index contributed by atoms with van der Waals surface area (Å²) in [6.45, 7) is -0.824. The Morgan fingerprint density at radius 2 is 1.40 bits per heavy atom. The standard InChI is InChI=1S/C28H29N5O16P4/c29-26-23-27(31-15-30-26)33(16-32-23)28-25-24(44-22(45-25)12-17-6-2-1-3-7-17)21(43-28)14-42-50(34,35)47-52(38,39)49-53(40,41)48-51(36,37)46-20-11-10-18-8-4-5-9-19(18)13-20/h1-11,13,15-16,21-22,24-25,28H,12,14H2,(H,34,35)(H,36,37)(H,38,39)(H,40,41)(H2,29,30,31)/t21-,22?,24?,25+,28-/m1/s1. The maximum atomic E-state index is 12.8. The van der Waals surface area contributed by atoms with Gasteiger partial charge in [-0.3, -0.25) is 14.0 Å². The molecule has 2 aliphatic rings. The van der Waals surface area contributed by atoms with Gasteiger partial charge in [0.25, 0.3) is 0 Å². The van der Waals surface area contributed by atoms with Crippen molar-refractivity contribution in [3.63, 3.8) is 0 Å². The maximum Gasteiger partial charge on any atom is 0.536 e. The van der Waals surface area contributed by atoms with E-state index in [-0.39, 0.29) is 22.7 Å². The smallest absolute Gasteiger partial charge is 0.404 e. The van der Waals surface area contributed by atoms with Crippen LogP contribution in [0.4, 0.5) is 5.82 Å². The molecule has 53 heavy (non-hydrogen) atoms. The number of nitrogens with two attached hydrogens (primary N) is 1. The summed E-state index contributed by atoms with van der Waals surface area (Å²) in [4.78, 5) is 52.8. The van der Waals surface area contributed by atoms with Gasteiger partial charge in [-0.1, -0.05) is 60.7 Å². The van der Waals surface area contributed by atoms with E-state index in [4.69, 9.17) is 29.0 Å². The van der Waals surface area contributed by atoms with Gasteiger partial charge in [0.15, 0.2) is 24.0 Å². The van der Waals surface area contributed by atoms with Crippen LogP contribution in [-0.4, -0.2) is 70.3 Å². The molecule has 0 amide bonds. The molecular weight excluding hydrogens is 786 g/mol. The van der Waals surface area contributed by atoms with Crippen molar-refractivity contribution >= 4 is 59.0 Å². The second-order valence-electron chi connectivity index (χ2n) is 11.5. The predicted molar refractivity (Wildman–Crippen MR) is 180 cm³/mol. The number of benzene rings is 3. The third-order valence-electron chi connectivity index (χ3n) is 7.77. The minimum absolute atomic E-state index is 0.0971. The van der Waals surface area contributed by atoms with Crippen LogP contribution in [0.25, 0.3) is 21.9 Å². The first-order valence-corrected chi connectivity index (χ1v) is 21.2. The molecule has 282 valence electrons. The van der Waals surface area contributed by atoms with E-state index in [2.05, 4.69) is 27.9 Å². The molecular formula is C28H29N5O16P4. The highest BCUT2D eigenvalue weighted by molar-refractivity contribution is 7.69. The first-order chi connectivity index (χ1) is 25.1. The Morgan fingerprint density at radius 1 is 0.736 bits per heavy atom. The molecule has 2 fully saturated rings. The van der Waals surface area contributed by atoms with Crippen molar-refractivity contribution in [2.24, 2.45) is 0 Å². The normalized spacial score (nSPS) is 26.0. The highest BCUT2D eigenvalue weighted by Crippen LogP contribution is 2.71. The Morgan fingerprint density at radius 3 is 2.15 bits per heavy atom. The number of ether oxygens (including phenoxy) is 3. The summed E-state index contributed by atoms with van der Waals surface area (Å²) in [5.41, 5.74) is 7.35. The number of phosphoric ester groups is 2. The van der Waals surface area contributed by atoms with Crippen molar-refractivity contribution in [1.82, 2.24) is 19.5 Å². The molecule has 3 aromatic carbocycles. The van der Waals surface area contributed by atoms with Crippen molar-refractivity contribution in [1.29, 1.82) is 0 Å². The minimum Gasteiger partial charge on any atom is -0.404 e. The lowest BCUT2D eigenvalue weighted by molar-refractivity contribution is -0.149. The minimum atomic E-state index is -6.05. The SMILES string of the molecule is Nc1ncnc2c1ncn2[C@@H]1O[C@H](COP(=O)(O)OP(=O)(O)OP(=O)(O)OP(=O)(O)Oc2ccc3ccccc3c2)C2OC(Cc3ccccc3)O[C@@H]21. The number of hydrogen-bond acceptors (Lipinski definition) is 16. The third kappa shape index (κ3) is 8.93. The average Bonchev–Trinajstić information content (AvgIpc) is 3.77. The summed E-state index contributed by atoms with van der Waals surface area (Å²) in [5, 5.41) is 1.31. The number of rotatable bonds is 14. The van der Waals surface area contributed by atoms with Crippen molar-refractivity contribution in [2.75, 3.05) is 12.3 Å². The Labute approximate surface area is 298 Å². The molecule has 4 heterocycles. The zero-order valence-corrected chi connectivity index (χ0v) is 30.3. The average molecular weight is 815 g/mol. The van der Waals surface area contributed by atoms with Crippen LogP contribution in [0.2, 0.25) is 0 Å². The van der Waals surface area contributed by atoms with Gasteiger partial charge in [0.1, 0.15) is 35.9 Å². The maximum absolute atomic E-state index is 12.8. The molecule has 2 saturated heterocycles. The van der Waals surface area contributed by atoms with Gasteiger partial charge in [0.2, 0.25) is 0 Å². The molecule has 21 nitrogen and oxygen atoms in total. The number of anilines is 1. The van der Waals surface area contributed by atoms with Gasteiger partial charge in [-0.05, 0) is 28.5 Å². The number of phosphoric acid groups is 4. The van der Waals surface area contributed by atoms with Crippen LogP contribution in [0.1, 0.15) is 11.8 Å². The molecule has 6 N–H and O–H groups in total. The van der Waals surface area contributed by atoms with E-state index in [0.29, 0.717) is 11.8 Å². The van der Waals surface area contributed by atoms with E-state index >= 15 is 0 Å². The van der Waals surface area contributed by atoms with Crippen molar-refractivity contribution in [3.8, 4) is 5.75 Å². The molecule has 0 bridgehead atoms. The number of fused-ring (bicyclic) bond motifs is 3. The molecule has 6 unspecified atom stereocenters. The van der Waals surface area contributed by atoms with Crippen LogP contribution >= 0.6 is 31.3 Å². The van der Waals surface area contributed by atoms with Crippen molar-refractivity contribution < 1.29 is 74.0 Å². The topological polar surface area (TPSA) is 293 Å². The van der Waals surface area contributed by atoms with E-state index in [1.165, 1.54) is 35.4 Å². The highest BCUT2D eigenvalue weighted by Gasteiger charge is 2.55. The van der Waals surface area contributed by atoms with Gasteiger partial charge in [0.05, 0.1) is 12.9 Å². The van der Waals surface area contributed by atoms with Gasteiger partial charge in [-0.15, -0.1) is 0 Å². The lowest BCUT2D eigenvalue weighted by atomic mass is 10.1. The molecule has 7 rings (SSSR count). The summed E-state index contributed by atoms with van der Waals surface area (Å²) in [6.07, 6.45) is -1.89. The van der Waals surface area contributed by atoms with E-state index in [1.807, 2.05) is 30.3 Å². The highest BCUT2D eigenvalue weighted by atomic mass is 31.3. The number of imidazole rings is 1. The molecule has 0 radical (unpaired) electrons. The molecule has 25 heteroatoms. The first kappa shape index (κ1) is 37.8. The van der Waals surface area contributed by atoms with Crippen molar-refractivity contribution in [3.05, 3.63) is 91.0 Å². The van der Waals surface area contributed by atoms with Gasteiger partial charge < -0.3 is 39.1 Å². The Hall–Kier alpha value is -3.45. The number of hydrogen-bond donors (Lipinski definition) is 5. The zero-order chi connectivity index (χ0) is 37.6. The fourth-order valence-electron chi connectivity index (χ4n) is 5.70. The predicted octanol–water partition coefficient (Wildman–Crippen LogP) is 4.36. The summed E-state index contributed by atoms with van der Waals surface area (Å²) >= 11 is 0. The van der Waals surface area contributed by atoms with Gasteiger partial charge in [-0.2, -0.15) is 12.9 Å². The number of nitrogens with zero attached hydrogens (tertiary/aromatic N) is 4. The fourth-order valence-corrected chi connectivity index (χ4v) is 10.6. The number of nitrogen functional groups attached to an aromatic ring is 1. The van der Waals surface area contributed by atoms with Crippen molar-refractivity contribution in [2.45, 2.75) is 37.3 Å². The van der Waals surface area contributed by atoms with Gasteiger partial charge in [-0.25, -0.2) is 33.2 Å². The quantitative estimate of drug-likeness (QED) is 0.0973. The van der Waals surface area contributed by atoms with Crippen LogP contribution in [0.5, 0.6) is 5.75 Å². The van der Waals surface area contributed by atoms with E-state index < -0.39 is 68.7 Å². The third-order valence-corrected chi connectivity index (χ3v) is 13.6. The summed E-state index contributed by atoms with van der Waals surface area (Å²) in [5.74, 6) is -0.175.